The lowest BCUT2D eigenvalue weighted by Crippen LogP contribution is -2.34. The highest BCUT2D eigenvalue weighted by Crippen LogP contribution is 2.16. The summed E-state index contributed by atoms with van der Waals surface area (Å²) >= 11 is 0. The number of halogens is 1. The summed E-state index contributed by atoms with van der Waals surface area (Å²) in [6, 6.07) is 5.39. The number of nitrogens with zero attached hydrogens (tertiary/aromatic N) is 2. The Labute approximate surface area is 97.5 Å². The lowest BCUT2D eigenvalue weighted by Gasteiger charge is -2.29. The normalized spacial score (nSPS) is 12.5. The van der Waals surface area contributed by atoms with Crippen molar-refractivity contribution < 1.29 is 4.39 Å². The summed E-state index contributed by atoms with van der Waals surface area (Å²) in [4.78, 5) is 6.14. The summed E-state index contributed by atoms with van der Waals surface area (Å²) < 4.78 is 13.1. The van der Waals surface area contributed by atoms with Gasteiger partial charge >= 0.3 is 0 Å². The van der Waals surface area contributed by atoms with Crippen LogP contribution < -0.4 is 4.90 Å². The summed E-state index contributed by atoms with van der Waals surface area (Å²) in [5.74, 6) is 0.352. The van der Waals surface area contributed by atoms with Gasteiger partial charge in [0.2, 0.25) is 5.95 Å². The number of rotatable bonds is 6. The number of anilines is 1. The number of hydrogen-bond acceptors (Lipinski definition) is 2. The quantitative estimate of drug-likeness (QED) is 0.686. The van der Waals surface area contributed by atoms with Gasteiger partial charge in [-0.15, -0.1) is 0 Å². The van der Waals surface area contributed by atoms with E-state index < -0.39 is 5.95 Å². The van der Waals surface area contributed by atoms with Gasteiger partial charge in [0.15, 0.2) is 0 Å². The smallest absolute Gasteiger partial charge is 0.214 e. The van der Waals surface area contributed by atoms with Crippen molar-refractivity contribution in [3.8, 4) is 0 Å². The summed E-state index contributed by atoms with van der Waals surface area (Å²) in [6.07, 6.45) is 3.30. The fraction of sp³-hybridized carbons (Fsp3) is 0.615. The van der Waals surface area contributed by atoms with Crippen molar-refractivity contribution in [2.24, 2.45) is 0 Å². The first-order chi connectivity index (χ1) is 7.69. The van der Waals surface area contributed by atoms with Gasteiger partial charge in [-0.3, -0.25) is 0 Å². The van der Waals surface area contributed by atoms with Crippen LogP contribution in [0.2, 0.25) is 0 Å². The first-order valence-electron chi connectivity index (χ1n) is 6.08. The van der Waals surface area contributed by atoms with Crippen LogP contribution in [0.25, 0.3) is 0 Å². The molecule has 1 aromatic rings. The van der Waals surface area contributed by atoms with E-state index in [4.69, 9.17) is 0 Å². The van der Waals surface area contributed by atoms with Gasteiger partial charge in [0.1, 0.15) is 5.82 Å². The highest BCUT2D eigenvalue weighted by atomic mass is 19.1. The topological polar surface area (TPSA) is 16.1 Å². The third-order valence-electron chi connectivity index (χ3n) is 2.87. The Kier molecular flexibility index (Phi) is 5.23. The van der Waals surface area contributed by atoms with E-state index in [-0.39, 0.29) is 0 Å². The van der Waals surface area contributed by atoms with E-state index in [0.29, 0.717) is 6.04 Å². The van der Waals surface area contributed by atoms with Crippen LogP contribution in [0.15, 0.2) is 18.2 Å². The molecule has 0 aliphatic carbocycles. The highest BCUT2D eigenvalue weighted by molar-refractivity contribution is 5.39. The molecule has 0 aliphatic rings. The molecule has 0 saturated heterocycles. The standard InChI is InChI=1S/C13H21FN2/c1-4-6-10-16(11(3)5-2)13-9-7-8-12(14)15-13/h7-9,11H,4-6,10H2,1-3H3. The molecular formula is C13H21FN2. The molecule has 0 saturated carbocycles. The minimum atomic E-state index is -0.401. The van der Waals surface area contributed by atoms with Gasteiger partial charge in [0.05, 0.1) is 0 Å². The van der Waals surface area contributed by atoms with Gasteiger partial charge < -0.3 is 4.90 Å². The van der Waals surface area contributed by atoms with Crippen LogP contribution in [0.1, 0.15) is 40.0 Å². The molecule has 1 aromatic heterocycles. The molecule has 90 valence electrons. The van der Waals surface area contributed by atoms with E-state index in [1.165, 1.54) is 6.07 Å². The predicted molar refractivity (Wildman–Crippen MR) is 66.2 cm³/mol. The highest BCUT2D eigenvalue weighted by Gasteiger charge is 2.13. The van der Waals surface area contributed by atoms with Crippen LogP contribution in [0.3, 0.4) is 0 Å². The average molecular weight is 224 g/mol. The van der Waals surface area contributed by atoms with Crippen molar-refractivity contribution in [1.82, 2.24) is 4.98 Å². The van der Waals surface area contributed by atoms with Crippen LogP contribution in [0.4, 0.5) is 10.2 Å². The molecule has 16 heavy (non-hydrogen) atoms. The Morgan fingerprint density at radius 1 is 1.38 bits per heavy atom. The van der Waals surface area contributed by atoms with Crippen molar-refractivity contribution in [3.05, 3.63) is 24.1 Å². The van der Waals surface area contributed by atoms with Crippen LogP contribution in [-0.2, 0) is 0 Å². The molecule has 0 aromatic carbocycles. The van der Waals surface area contributed by atoms with Gasteiger partial charge in [-0.05, 0) is 31.9 Å². The van der Waals surface area contributed by atoms with Gasteiger partial charge in [-0.1, -0.05) is 26.3 Å². The molecule has 0 aliphatic heterocycles. The Bertz CT molecular complexity index is 315. The van der Waals surface area contributed by atoms with E-state index >= 15 is 0 Å². The van der Waals surface area contributed by atoms with Gasteiger partial charge in [0.25, 0.3) is 0 Å². The van der Waals surface area contributed by atoms with Crippen LogP contribution in [-0.4, -0.2) is 17.6 Å². The predicted octanol–water partition coefficient (Wildman–Crippen LogP) is 3.63. The lowest BCUT2D eigenvalue weighted by molar-refractivity contribution is 0.558. The third kappa shape index (κ3) is 3.47. The Morgan fingerprint density at radius 3 is 2.69 bits per heavy atom. The molecule has 0 N–H and O–H groups in total. The number of unbranched alkanes of at least 4 members (excludes halogenated alkanes) is 1. The summed E-state index contributed by atoms with van der Waals surface area (Å²) in [5.41, 5.74) is 0. The first-order valence-corrected chi connectivity index (χ1v) is 6.08. The monoisotopic (exact) mass is 224 g/mol. The van der Waals surface area contributed by atoms with E-state index in [9.17, 15) is 4.39 Å². The average Bonchev–Trinajstić information content (AvgIpc) is 2.29. The van der Waals surface area contributed by atoms with E-state index in [2.05, 4.69) is 30.7 Å². The van der Waals surface area contributed by atoms with Crippen LogP contribution in [0, 0.1) is 5.95 Å². The Morgan fingerprint density at radius 2 is 2.12 bits per heavy atom. The fourth-order valence-electron chi connectivity index (χ4n) is 1.67. The maximum Gasteiger partial charge on any atom is 0.214 e. The molecule has 2 nitrogen and oxygen atoms in total. The molecule has 1 heterocycles. The molecule has 0 amide bonds. The minimum Gasteiger partial charge on any atom is -0.354 e. The Hall–Kier alpha value is -1.12. The molecule has 0 radical (unpaired) electrons. The Balaban J connectivity index is 2.82. The molecular weight excluding hydrogens is 203 g/mol. The summed E-state index contributed by atoms with van der Waals surface area (Å²) in [5, 5.41) is 0. The second kappa shape index (κ2) is 6.46. The zero-order chi connectivity index (χ0) is 12.0. The summed E-state index contributed by atoms with van der Waals surface area (Å²) in [7, 11) is 0. The molecule has 0 bridgehead atoms. The van der Waals surface area contributed by atoms with Gasteiger partial charge in [-0.2, -0.15) is 4.39 Å². The first kappa shape index (κ1) is 12.9. The number of aromatic nitrogens is 1. The van der Waals surface area contributed by atoms with E-state index in [0.717, 1.165) is 31.6 Å². The molecule has 0 fully saturated rings. The van der Waals surface area contributed by atoms with Crippen molar-refractivity contribution in [2.45, 2.75) is 46.1 Å². The van der Waals surface area contributed by atoms with Crippen molar-refractivity contribution >= 4 is 5.82 Å². The van der Waals surface area contributed by atoms with Gasteiger partial charge in [0, 0.05) is 12.6 Å². The number of hydrogen-bond donors (Lipinski definition) is 0. The SMILES string of the molecule is CCCCN(c1cccc(F)n1)C(C)CC. The minimum absolute atomic E-state index is 0.401. The zero-order valence-electron chi connectivity index (χ0n) is 10.4. The largest absolute Gasteiger partial charge is 0.354 e. The number of pyridine rings is 1. The van der Waals surface area contributed by atoms with Crippen molar-refractivity contribution in [3.63, 3.8) is 0 Å². The second-order valence-corrected chi connectivity index (χ2v) is 4.12. The van der Waals surface area contributed by atoms with E-state index in [1.807, 2.05) is 6.07 Å². The molecule has 1 unspecified atom stereocenters. The molecule has 0 spiro atoms. The maximum absolute atomic E-state index is 13.1. The second-order valence-electron chi connectivity index (χ2n) is 4.12. The molecule has 1 rings (SSSR count). The third-order valence-corrected chi connectivity index (χ3v) is 2.87. The van der Waals surface area contributed by atoms with Gasteiger partial charge in [-0.25, -0.2) is 4.98 Å². The summed E-state index contributed by atoms with van der Waals surface area (Å²) in [6.45, 7) is 7.40. The zero-order valence-corrected chi connectivity index (χ0v) is 10.4. The van der Waals surface area contributed by atoms with Crippen molar-refractivity contribution in [1.29, 1.82) is 0 Å². The molecule has 3 heteroatoms. The lowest BCUT2D eigenvalue weighted by atomic mass is 10.2. The van der Waals surface area contributed by atoms with Crippen molar-refractivity contribution in [2.75, 3.05) is 11.4 Å². The fourth-order valence-corrected chi connectivity index (χ4v) is 1.67. The van der Waals surface area contributed by atoms with Crippen LogP contribution in [0.5, 0.6) is 0 Å². The van der Waals surface area contributed by atoms with E-state index in [1.54, 1.807) is 6.07 Å². The van der Waals surface area contributed by atoms with Crippen LogP contribution >= 0.6 is 0 Å². The maximum atomic E-state index is 13.1. The molecule has 1 atom stereocenters.